The first kappa shape index (κ1) is 15.3. The Hall–Kier alpha value is -1.13. The molecule has 0 aliphatic carbocycles. The highest BCUT2D eigenvalue weighted by molar-refractivity contribution is 9.10. The van der Waals surface area contributed by atoms with E-state index in [1.807, 2.05) is 48.5 Å². The number of hydrogen-bond acceptors (Lipinski definition) is 1. The van der Waals surface area contributed by atoms with Gasteiger partial charge >= 0.3 is 5.97 Å². The number of carboxylic acid groups (broad SMARTS) is 1. The van der Waals surface area contributed by atoms with Crippen LogP contribution in [0.15, 0.2) is 57.5 Å². The summed E-state index contributed by atoms with van der Waals surface area (Å²) in [6.45, 7) is 0. The van der Waals surface area contributed by atoms with Crippen molar-refractivity contribution in [2.45, 2.75) is 12.8 Å². The van der Waals surface area contributed by atoms with Crippen LogP contribution in [0.2, 0.25) is 0 Å². The van der Waals surface area contributed by atoms with E-state index in [4.69, 9.17) is 0 Å². The van der Waals surface area contributed by atoms with Gasteiger partial charge in [0, 0.05) is 8.95 Å². The van der Waals surface area contributed by atoms with Crippen LogP contribution < -0.4 is 0 Å². The first-order valence-electron chi connectivity index (χ1n) is 6.26. The molecule has 0 aromatic heterocycles. The van der Waals surface area contributed by atoms with Crippen molar-refractivity contribution in [1.82, 2.24) is 0 Å². The Bertz CT molecular complexity index is 594. The summed E-state index contributed by atoms with van der Waals surface area (Å²) in [7, 11) is 0. The third kappa shape index (κ3) is 4.46. The maximum Gasteiger partial charge on any atom is 0.307 e. The normalized spacial score (nSPS) is 12.1. The molecule has 2 aromatic rings. The summed E-state index contributed by atoms with van der Waals surface area (Å²) in [6.07, 6.45) is 1.07. The molecule has 1 atom stereocenters. The molecule has 0 spiro atoms. The summed E-state index contributed by atoms with van der Waals surface area (Å²) < 4.78 is 1.97. The van der Waals surface area contributed by atoms with E-state index in [-0.39, 0.29) is 0 Å². The summed E-state index contributed by atoms with van der Waals surface area (Å²) in [5.41, 5.74) is 2.07. The summed E-state index contributed by atoms with van der Waals surface area (Å²) in [6, 6.07) is 15.6. The first-order valence-corrected chi connectivity index (χ1v) is 7.85. The Balaban J connectivity index is 2.11. The molecule has 104 valence electrons. The Morgan fingerprint density at radius 3 is 2.20 bits per heavy atom. The highest BCUT2D eigenvalue weighted by Crippen LogP contribution is 2.19. The number of aliphatic carboxylic acids is 1. The zero-order chi connectivity index (χ0) is 14.5. The largest absolute Gasteiger partial charge is 0.481 e. The van der Waals surface area contributed by atoms with Gasteiger partial charge in [-0.2, -0.15) is 0 Å². The van der Waals surface area contributed by atoms with Gasteiger partial charge in [-0.05, 0) is 48.2 Å². The minimum absolute atomic E-state index is 0.412. The van der Waals surface area contributed by atoms with E-state index >= 15 is 0 Å². The smallest absolute Gasteiger partial charge is 0.307 e. The van der Waals surface area contributed by atoms with Crippen LogP contribution in [0.25, 0.3) is 0 Å². The van der Waals surface area contributed by atoms with E-state index < -0.39 is 11.9 Å². The van der Waals surface area contributed by atoms with Gasteiger partial charge in [0.25, 0.3) is 0 Å². The summed E-state index contributed by atoms with van der Waals surface area (Å²) >= 11 is 6.79. The molecule has 0 fully saturated rings. The molecule has 0 saturated heterocycles. The van der Waals surface area contributed by atoms with Gasteiger partial charge in [-0.15, -0.1) is 0 Å². The van der Waals surface area contributed by atoms with Crippen LogP contribution in [0, 0.1) is 5.92 Å². The average Bonchev–Trinajstić information content (AvgIpc) is 2.40. The fourth-order valence-corrected chi connectivity index (χ4v) is 2.81. The van der Waals surface area contributed by atoms with Crippen molar-refractivity contribution in [3.8, 4) is 0 Å². The molecule has 0 aliphatic heterocycles. The van der Waals surface area contributed by atoms with Crippen LogP contribution in [0.5, 0.6) is 0 Å². The van der Waals surface area contributed by atoms with E-state index in [2.05, 4.69) is 31.9 Å². The second-order valence-corrected chi connectivity index (χ2v) is 6.53. The van der Waals surface area contributed by atoms with E-state index in [9.17, 15) is 9.90 Å². The molecule has 0 radical (unpaired) electrons. The summed E-state index contributed by atoms with van der Waals surface area (Å²) in [4.78, 5) is 11.4. The fourth-order valence-electron chi connectivity index (χ4n) is 2.10. The Labute approximate surface area is 135 Å². The van der Waals surface area contributed by atoms with Crippen molar-refractivity contribution >= 4 is 37.8 Å². The third-order valence-corrected chi connectivity index (χ3v) is 4.14. The van der Waals surface area contributed by atoms with Crippen LogP contribution in [0.4, 0.5) is 0 Å². The van der Waals surface area contributed by atoms with Gasteiger partial charge < -0.3 is 5.11 Å². The quantitative estimate of drug-likeness (QED) is 0.793. The van der Waals surface area contributed by atoms with Crippen LogP contribution in [0.3, 0.4) is 0 Å². The Morgan fingerprint density at radius 2 is 1.60 bits per heavy atom. The highest BCUT2D eigenvalue weighted by atomic mass is 79.9. The van der Waals surface area contributed by atoms with Crippen molar-refractivity contribution in [2.75, 3.05) is 0 Å². The second kappa shape index (κ2) is 7.04. The average molecular weight is 398 g/mol. The molecular formula is C16H14Br2O2. The molecule has 0 amide bonds. The van der Waals surface area contributed by atoms with Crippen LogP contribution in [-0.4, -0.2) is 11.1 Å². The maximum atomic E-state index is 11.4. The zero-order valence-corrected chi connectivity index (χ0v) is 13.9. The van der Waals surface area contributed by atoms with Gasteiger partial charge in [0.15, 0.2) is 0 Å². The third-order valence-electron chi connectivity index (χ3n) is 3.12. The molecule has 20 heavy (non-hydrogen) atoms. The van der Waals surface area contributed by atoms with Crippen molar-refractivity contribution in [1.29, 1.82) is 0 Å². The summed E-state index contributed by atoms with van der Waals surface area (Å²) in [5.74, 6) is -1.17. The van der Waals surface area contributed by atoms with Gasteiger partial charge in [0.1, 0.15) is 0 Å². The monoisotopic (exact) mass is 396 g/mol. The lowest BCUT2D eigenvalue weighted by atomic mass is 9.93. The minimum atomic E-state index is -0.757. The number of carbonyl (C=O) groups is 1. The molecule has 2 aromatic carbocycles. The zero-order valence-electron chi connectivity index (χ0n) is 10.7. The molecule has 1 unspecified atom stereocenters. The molecular weight excluding hydrogens is 384 g/mol. The molecule has 0 saturated carbocycles. The summed E-state index contributed by atoms with van der Waals surface area (Å²) in [5, 5.41) is 9.40. The Kier molecular flexibility index (Phi) is 5.38. The molecule has 2 nitrogen and oxygen atoms in total. The van der Waals surface area contributed by atoms with Crippen molar-refractivity contribution in [2.24, 2.45) is 5.92 Å². The minimum Gasteiger partial charge on any atom is -0.481 e. The van der Waals surface area contributed by atoms with Crippen molar-refractivity contribution in [3.63, 3.8) is 0 Å². The van der Waals surface area contributed by atoms with Gasteiger partial charge in [-0.1, -0.05) is 56.1 Å². The number of hydrogen-bond donors (Lipinski definition) is 1. The predicted molar refractivity (Wildman–Crippen MR) is 86.8 cm³/mol. The first-order chi connectivity index (χ1) is 9.54. The topological polar surface area (TPSA) is 37.3 Å². The molecule has 4 heteroatoms. The van der Waals surface area contributed by atoms with E-state index in [0.29, 0.717) is 12.8 Å². The van der Waals surface area contributed by atoms with Crippen LogP contribution in [0.1, 0.15) is 11.1 Å². The molecule has 0 bridgehead atoms. The van der Waals surface area contributed by atoms with Gasteiger partial charge in [-0.25, -0.2) is 0 Å². The van der Waals surface area contributed by atoms with Gasteiger partial charge in [-0.3, -0.25) is 4.79 Å². The van der Waals surface area contributed by atoms with Crippen LogP contribution in [-0.2, 0) is 17.6 Å². The van der Waals surface area contributed by atoms with E-state index in [1.165, 1.54) is 0 Å². The Morgan fingerprint density at radius 1 is 0.950 bits per heavy atom. The predicted octanol–water partition coefficient (Wildman–Crippen LogP) is 4.70. The lowest BCUT2D eigenvalue weighted by molar-refractivity contribution is -0.141. The van der Waals surface area contributed by atoms with Crippen molar-refractivity contribution < 1.29 is 9.90 Å². The van der Waals surface area contributed by atoms with E-state index in [1.54, 1.807) is 0 Å². The maximum absolute atomic E-state index is 11.4. The number of carboxylic acids is 1. The second-order valence-electron chi connectivity index (χ2n) is 4.70. The van der Waals surface area contributed by atoms with Crippen LogP contribution >= 0.6 is 31.9 Å². The number of halogens is 2. The van der Waals surface area contributed by atoms with E-state index in [0.717, 1.165) is 20.1 Å². The fraction of sp³-hybridized carbons (Fsp3) is 0.188. The SMILES string of the molecule is O=C(O)C(Cc1ccc(Br)cc1)Cc1cccc(Br)c1. The number of benzene rings is 2. The number of rotatable bonds is 5. The lowest BCUT2D eigenvalue weighted by Crippen LogP contribution is -2.19. The molecule has 1 N–H and O–H groups in total. The standard InChI is InChI=1S/C16H14Br2O2/c17-14-6-4-11(5-7-14)8-13(16(19)20)9-12-2-1-3-15(18)10-12/h1-7,10,13H,8-9H2,(H,19,20). The molecule has 2 rings (SSSR count). The molecule has 0 aliphatic rings. The van der Waals surface area contributed by atoms with Gasteiger partial charge in [0.05, 0.1) is 5.92 Å². The van der Waals surface area contributed by atoms with Crippen molar-refractivity contribution in [3.05, 3.63) is 68.6 Å². The lowest BCUT2D eigenvalue weighted by Gasteiger charge is -2.13. The highest BCUT2D eigenvalue weighted by Gasteiger charge is 2.18. The van der Waals surface area contributed by atoms with Gasteiger partial charge in [0.2, 0.25) is 0 Å². The molecule has 0 heterocycles.